The molecule has 4 unspecified atom stereocenters. The molecule has 0 aromatic heterocycles. The first kappa shape index (κ1) is 11.9. The first-order chi connectivity index (χ1) is 8.27. The van der Waals surface area contributed by atoms with Gasteiger partial charge in [-0.3, -0.25) is 0 Å². The van der Waals surface area contributed by atoms with Gasteiger partial charge in [0, 0.05) is 24.7 Å². The Morgan fingerprint density at radius 2 is 2.29 bits per heavy atom. The van der Waals surface area contributed by atoms with Crippen molar-refractivity contribution in [2.75, 3.05) is 26.3 Å². The van der Waals surface area contributed by atoms with Crippen LogP contribution in [0.1, 0.15) is 39.0 Å². The summed E-state index contributed by atoms with van der Waals surface area (Å²) in [5.41, 5.74) is 0.219. The summed E-state index contributed by atoms with van der Waals surface area (Å²) in [5.74, 6) is 1.91. The third-order valence-electron chi connectivity index (χ3n) is 5.06. The van der Waals surface area contributed by atoms with E-state index in [4.69, 9.17) is 4.74 Å². The van der Waals surface area contributed by atoms with Gasteiger partial charge in [0.25, 0.3) is 0 Å². The fourth-order valence-electron chi connectivity index (χ4n) is 3.96. The molecule has 1 aliphatic carbocycles. The highest BCUT2D eigenvalue weighted by Crippen LogP contribution is 2.37. The van der Waals surface area contributed by atoms with Gasteiger partial charge in [-0.1, -0.05) is 6.42 Å². The van der Waals surface area contributed by atoms with Crippen LogP contribution in [0.3, 0.4) is 0 Å². The molecule has 0 radical (unpaired) electrons. The van der Waals surface area contributed by atoms with Crippen molar-refractivity contribution in [2.24, 2.45) is 11.8 Å². The normalized spacial score (nSPS) is 46.1. The molecule has 0 bridgehead atoms. The molecule has 0 aromatic carbocycles. The van der Waals surface area contributed by atoms with Gasteiger partial charge in [-0.05, 0) is 51.0 Å². The number of nitrogens with one attached hydrogen (secondary N) is 2. The third-order valence-corrected chi connectivity index (χ3v) is 5.06. The molecule has 3 fully saturated rings. The van der Waals surface area contributed by atoms with Crippen LogP contribution >= 0.6 is 0 Å². The maximum Gasteiger partial charge on any atom is 0.0645 e. The third kappa shape index (κ3) is 2.51. The van der Waals surface area contributed by atoms with Gasteiger partial charge in [0.1, 0.15) is 0 Å². The highest BCUT2D eigenvalue weighted by atomic mass is 16.5. The summed E-state index contributed by atoms with van der Waals surface area (Å²) in [7, 11) is 0. The van der Waals surface area contributed by atoms with E-state index in [0.29, 0.717) is 6.04 Å². The molecule has 2 saturated heterocycles. The number of rotatable bonds is 3. The van der Waals surface area contributed by atoms with Crippen LogP contribution in [0.4, 0.5) is 0 Å². The van der Waals surface area contributed by atoms with E-state index in [1.165, 1.54) is 38.6 Å². The SMILES string of the molecule is CC1(NCC2NCC3CCCC32)CCCOC1. The fourth-order valence-corrected chi connectivity index (χ4v) is 3.96. The summed E-state index contributed by atoms with van der Waals surface area (Å²) in [5, 5.41) is 7.48. The number of hydrogen-bond donors (Lipinski definition) is 2. The van der Waals surface area contributed by atoms with E-state index in [2.05, 4.69) is 17.6 Å². The van der Waals surface area contributed by atoms with E-state index in [0.717, 1.165) is 31.6 Å². The minimum atomic E-state index is 0.219. The van der Waals surface area contributed by atoms with Crippen molar-refractivity contribution in [2.45, 2.75) is 50.6 Å². The van der Waals surface area contributed by atoms with Crippen LogP contribution in [0, 0.1) is 11.8 Å². The maximum atomic E-state index is 5.60. The monoisotopic (exact) mass is 238 g/mol. The largest absolute Gasteiger partial charge is 0.380 e. The highest BCUT2D eigenvalue weighted by molar-refractivity contribution is 4.97. The van der Waals surface area contributed by atoms with Gasteiger partial charge >= 0.3 is 0 Å². The molecule has 1 saturated carbocycles. The Kier molecular flexibility index (Phi) is 3.42. The van der Waals surface area contributed by atoms with Crippen LogP contribution in [0.15, 0.2) is 0 Å². The van der Waals surface area contributed by atoms with E-state index in [-0.39, 0.29) is 5.54 Å². The molecule has 3 aliphatic rings. The van der Waals surface area contributed by atoms with E-state index in [9.17, 15) is 0 Å². The molecule has 2 aliphatic heterocycles. The molecule has 0 aromatic rings. The summed E-state index contributed by atoms with van der Waals surface area (Å²) in [6, 6.07) is 0.709. The Morgan fingerprint density at radius 3 is 3.12 bits per heavy atom. The first-order valence-electron chi connectivity index (χ1n) is 7.33. The standard InChI is InChI=1S/C14H26N2O/c1-14(6-3-7-17-10-14)16-9-13-12-5-2-4-11(12)8-15-13/h11-13,15-16H,2-10H2,1H3. The molecule has 2 N–H and O–H groups in total. The summed E-state index contributed by atoms with van der Waals surface area (Å²) < 4.78 is 5.60. The predicted molar refractivity (Wildman–Crippen MR) is 69.1 cm³/mol. The second-order valence-electron chi connectivity index (χ2n) is 6.47. The summed E-state index contributed by atoms with van der Waals surface area (Å²) in [6.07, 6.45) is 6.81. The van der Waals surface area contributed by atoms with Crippen LogP contribution in [0.5, 0.6) is 0 Å². The van der Waals surface area contributed by atoms with Gasteiger partial charge in [0.15, 0.2) is 0 Å². The van der Waals surface area contributed by atoms with Crippen LogP contribution in [-0.2, 0) is 4.74 Å². The Morgan fingerprint density at radius 1 is 1.35 bits per heavy atom. The minimum Gasteiger partial charge on any atom is -0.380 e. The van der Waals surface area contributed by atoms with Crippen LogP contribution in [0.25, 0.3) is 0 Å². The van der Waals surface area contributed by atoms with Gasteiger partial charge in [-0.2, -0.15) is 0 Å². The average molecular weight is 238 g/mol. The average Bonchev–Trinajstić information content (AvgIpc) is 2.90. The number of hydrogen-bond acceptors (Lipinski definition) is 3. The lowest BCUT2D eigenvalue weighted by molar-refractivity contribution is 0.0272. The molecule has 0 spiro atoms. The van der Waals surface area contributed by atoms with Gasteiger partial charge in [-0.25, -0.2) is 0 Å². The van der Waals surface area contributed by atoms with Crippen molar-refractivity contribution in [3.05, 3.63) is 0 Å². The Balaban J connectivity index is 1.50. The minimum absolute atomic E-state index is 0.219. The van der Waals surface area contributed by atoms with Crippen LogP contribution in [0.2, 0.25) is 0 Å². The van der Waals surface area contributed by atoms with E-state index >= 15 is 0 Å². The molecule has 4 atom stereocenters. The van der Waals surface area contributed by atoms with Crippen molar-refractivity contribution in [1.29, 1.82) is 0 Å². The van der Waals surface area contributed by atoms with Gasteiger partial charge < -0.3 is 15.4 Å². The summed E-state index contributed by atoms with van der Waals surface area (Å²) in [4.78, 5) is 0. The van der Waals surface area contributed by atoms with Crippen LogP contribution < -0.4 is 10.6 Å². The second kappa shape index (κ2) is 4.87. The van der Waals surface area contributed by atoms with Crippen molar-refractivity contribution >= 4 is 0 Å². The van der Waals surface area contributed by atoms with Crippen molar-refractivity contribution in [3.8, 4) is 0 Å². The highest BCUT2D eigenvalue weighted by Gasteiger charge is 2.39. The lowest BCUT2D eigenvalue weighted by atomic mass is 9.91. The summed E-state index contributed by atoms with van der Waals surface area (Å²) in [6.45, 7) is 6.52. The smallest absolute Gasteiger partial charge is 0.0645 e. The quantitative estimate of drug-likeness (QED) is 0.782. The molecular formula is C14H26N2O. The zero-order valence-corrected chi connectivity index (χ0v) is 11.0. The number of fused-ring (bicyclic) bond motifs is 1. The van der Waals surface area contributed by atoms with Crippen molar-refractivity contribution < 1.29 is 4.74 Å². The molecule has 17 heavy (non-hydrogen) atoms. The molecule has 3 rings (SSSR count). The molecule has 3 heteroatoms. The Labute approximate surface area is 105 Å². The fraction of sp³-hybridized carbons (Fsp3) is 1.00. The van der Waals surface area contributed by atoms with Crippen molar-refractivity contribution in [1.82, 2.24) is 10.6 Å². The predicted octanol–water partition coefficient (Wildman–Crippen LogP) is 1.53. The topological polar surface area (TPSA) is 33.3 Å². The zero-order chi connectivity index (χ0) is 11.7. The lowest BCUT2D eigenvalue weighted by Crippen LogP contribution is -2.53. The number of ether oxygens (including phenoxy) is 1. The van der Waals surface area contributed by atoms with E-state index in [1.54, 1.807) is 0 Å². The molecule has 2 heterocycles. The Bertz CT molecular complexity index is 263. The van der Waals surface area contributed by atoms with E-state index in [1.807, 2.05) is 0 Å². The zero-order valence-electron chi connectivity index (χ0n) is 11.0. The van der Waals surface area contributed by atoms with Crippen molar-refractivity contribution in [3.63, 3.8) is 0 Å². The molecular weight excluding hydrogens is 212 g/mol. The lowest BCUT2D eigenvalue weighted by Gasteiger charge is -2.36. The Hall–Kier alpha value is -0.120. The first-order valence-corrected chi connectivity index (χ1v) is 7.33. The van der Waals surface area contributed by atoms with Gasteiger partial charge in [0.05, 0.1) is 6.61 Å². The van der Waals surface area contributed by atoms with Crippen LogP contribution in [-0.4, -0.2) is 37.9 Å². The summed E-state index contributed by atoms with van der Waals surface area (Å²) >= 11 is 0. The molecule has 98 valence electrons. The molecule has 0 amide bonds. The molecule has 3 nitrogen and oxygen atoms in total. The van der Waals surface area contributed by atoms with Gasteiger partial charge in [0.2, 0.25) is 0 Å². The maximum absolute atomic E-state index is 5.60. The second-order valence-corrected chi connectivity index (χ2v) is 6.47. The van der Waals surface area contributed by atoms with Gasteiger partial charge in [-0.15, -0.1) is 0 Å². The van der Waals surface area contributed by atoms with E-state index < -0.39 is 0 Å².